The first-order chi connectivity index (χ1) is 11.1. The second-order valence-electron chi connectivity index (χ2n) is 6.29. The maximum atomic E-state index is 12.0. The fourth-order valence-electron chi connectivity index (χ4n) is 3.51. The van der Waals surface area contributed by atoms with Gasteiger partial charge in [0.25, 0.3) is 0 Å². The van der Waals surface area contributed by atoms with Gasteiger partial charge in [-0.3, -0.25) is 0 Å². The van der Waals surface area contributed by atoms with Gasteiger partial charge in [0.2, 0.25) is 0 Å². The first-order valence-electron chi connectivity index (χ1n) is 8.86. The maximum absolute atomic E-state index is 12.0. The summed E-state index contributed by atoms with van der Waals surface area (Å²) < 4.78 is 5.04. The number of carbonyl (C=O) groups excluding carboxylic acids is 1. The van der Waals surface area contributed by atoms with Crippen molar-refractivity contribution in [1.29, 1.82) is 0 Å². The Morgan fingerprint density at radius 3 is 2.52 bits per heavy atom. The summed E-state index contributed by atoms with van der Waals surface area (Å²) in [5.74, 6) is -0.395. The minimum absolute atomic E-state index is 0.0413. The minimum atomic E-state index is -0.436. The number of phenols is 1. The lowest BCUT2D eigenvalue weighted by Gasteiger charge is -2.35. The summed E-state index contributed by atoms with van der Waals surface area (Å²) in [6.07, 6.45) is 5.34. The summed E-state index contributed by atoms with van der Waals surface area (Å²) in [4.78, 5) is 14.5. The molecule has 1 unspecified atom stereocenters. The van der Waals surface area contributed by atoms with Crippen molar-refractivity contribution in [3.05, 3.63) is 28.8 Å². The first-order valence-corrected chi connectivity index (χ1v) is 8.86. The highest BCUT2D eigenvalue weighted by molar-refractivity contribution is 5.92. The van der Waals surface area contributed by atoms with E-state index in [1.54, 1.807) is 13.0 Å². The number of hydrogen-bond acceptors (Lipinski definition) is 4. The lowest BCUT2D eigenvalue weighted by Crippen LogP contribution is -2.40. The Bertz CT molecular complexity index is 536. The zero-order valence-electron chi connectivity index (χ0n) is 14.6. The van der Waals surface area contributed by atoms with Gasteiger partial charge in [0.05, 0.1) is 6.61 Å². The Hall–Kier alpha value is -1.55. The van der Waals surface area contributed by atoms with E-state index in [0.717, 1.165) is 45.2 Å². The molecule has 0 saturated carbocycles. The van der Waals surface area contributed by atoms with Gasteiger partial charge in [-0.1, -0.05) is 13.8 Å². The van der Waals surface area contributed by atoms with Crippen LogP contribution in [0.25, 0.3) is 0 Å². The van der Waals surface area contributed by atoms with Crippen LogP contribution in [0, 0.1) is 0 Å². The smallest absolute Gasteiger partial charge is 0.341 e. The van der Waals surface area contributed by atoms with Crippen molar-refractivity contribution in [1.82, 2.24) is 4.90 Å². The maximum Gasteiger partial charge on any atom is 0.341 e. The number of aryl methyl sites for hydroxylation is 1. The molecule has 0 bridgehead atoms. The van der Waals surface area contributed by atoms with Gasteiger partial charge in [0, 0.05) is 6.04 Å². The van der Waals surface area contributed by atoms with Crippen LogP contribution < -0.4 is 0 Å². The summed E-state index contributed by atoms with van der Waals surface area (Å²) in [5, 5.41) is 10.1. The molecule has 0 amide bonds. The van der Waals surface area contributed by atoms with Gasteiger partial charge in [-0.25, -0.2) is 4.79 Å². The third kappa shape index (κ3) is 4.25. The first kappa shape index (κ1) is 17.8. The normalized spacial score (nSPS) is 17.1. The van der Waals surface area contributed by atoms with E-state index >= 15 is 0 Å². The molecule has 23 heavy (non-hydrogen) atoms. The molecule has 128 valence electrons. The molecule has 1 aliphatic carbocycles. The highest BCUT2D eigenvalue weighted by Gasteiger charge is 2.26. The number of hydrogen-bond donors (Lipinski definition) is 1. The van der Waals surface area contributed by atoms with E-state index < -0.39 is 5.97 Å². The topological polar surface area (TPSA) is 49.8 Å². The summed E-state index contributed by atoms with van der Waals surface area (Å²) in [6, 6.07) is 4.12. The molecule has 1 atom stereocenters. The number of aromatic hydroxyl groups is 1. The number of nitrogens with zero attached hydrogens (tertiary/aromatic N) is 1. The predicted molar refractivity (Wildman–Crippen MR) is 92.0 cm³/mol. The fraction of sp³-hybridized carbons (Fsp3) is 0.632. The van der Waals surface area contributed by atoms with E-state index in [4.69, 9.17) is 4.74 Å². The van der Waals surface area contributed by atoms with Crippen LogP contribution in [0.2, 0.25) is 0 Å². The number of fused-ring (bicyclic) bond motifs is 1. The van der Waals surface area contributed by atoms with Gasteiger partial charge in [-0.05, 0) is 75.4 Å². The molecule has 0 aliphatic heterocycles. The van der Waals surface area contributed by atoms with Crippen molar-refractivity contribution in [2.75, 3.05) is 19.7 Å². The predicted octanol–water partition coefficient (Wildman–Crippen LogP) is 3.55. The summed E-state index contributed by atoms with van der Waals surface area (Å²) in [7, 11) is 0. The lowest BCUT2D eigenvalue weighted by atomic mass is 9.86. The fourth-order valence-corrected chi connectivity index (χ4v) is 3.51. The van der Waals surface area contributed by atoms with Gasteiger partial charge >= 0.3 is 5.97 Å². The molecule has 4 heteroatoms. The number of carbonyl (C=O) groups is 1. The quantitative estimate of drug-likeness (QED) is 0.781. The van der Waals surface area contributed by atoms with Gasteiger partial charge in [0.1, 0.15) is 11.3 Å². The monoisotopic (exact) mass is 319 g/mol. The summed E-state index contributed by atoms with van der Waals surface area (Å²) >= 11 is 0. The van der Waals surface area contributed by atoms with Crippen LogP contribution >= 0.6 is 0 Å². The van der Waals surface area contributed by atoms with Gasteiger partial charge in [0.15, 0.2) is 0 Å². The molecule has 0 aromatic heterocycles. The van der Waals surface area contributed by atoms with Crippen LogP contribution in [0.4, 0.5) is 0 Å². The Labute approximate surface area is 139 Å². The van der Waals surface area contributed by atoms with Crippen molar-refractivity contribution in [3.8, 4) is 5.75 Å². The van der Waals surface area contributed by atoms with Crippen molar-refractivity contribution in [2.45, 2.75) is 58.9 Å². The lowest BCUT2D eigenvalue weighted by molar-refractivity contribution is 0.0522. The number of phenolic OH excluding ortho intramolecular Hbond substituents is 1. The van der Waals surface area contributed by atoms with E-state index in [1.165, 1.54) is 11.1 Å². The SMILES string of the molecule is CCCN(CCC)C1CCc2cc(O)c(C(=O)OCC)cc2C1. The number of esters is 1. The number of benzene rings is 1. The van der Waals surface area contributed by atoms with Crippen LogP contribution in [0.3, 0.4) is 0 Å². The molecule has 0 saturated heterocycles. The highest BCUT2D eigenvalue weighted by atomic mass is 16.5. The molecule has 1 aliphatic rings. The second-order valence-corrected chi connectivity index (χ2v) is 6.29. The molecular formula is C19H29NO3. The number of rotatable bonds is 7. The van der Waals surface area contributed by atoms with Gasteiger partial charge in [-0.15, -0.1) is 0 Å². The van der Waals surface area contributed by atoms with E-state index in [1.807, 2.05) is 6.07 Å². The largest absolute Gasteiger partial charge is 0.507 e. The molecule has 0 fully saturated rings. The van der Waals surface area contributed by atoms with E-state index in [-0.39, 0.29) is 5.75 Å². The van der Waals surface area contributed by atoms with Crippen molar-refractivity contribution in [3.63, 3.8) is 0 Å². The third-order valence-electron chi connectivity index (χ3n) is 4.55. The zero-order valence-corrected chi connectivity index (χ0v) is 14.6. The molecule has 2 rings (SSSR count). The standard InChI is InChI=1S/C19H29NO3/c1-4-9-20(10-5-2)16-8-7-14-13-18(21)17(12-15(14)11-16)19(22)23-6-3/h12-13,16,21H,4-11H2,1-3H3. The van der Waals surface area contributed by atoms with Crippen LogP contribution in [0.1, 0.15) is 61.5 Å². The minimum Gasteiger partial charge on any atom is -0.507 e. The van der Waals surface area contributed by atoms with E-state index in [9.17, 15) is 9.90 Å². The molecular weight excluding hydrogens is 290 g/mol. The van der Waals surface area contributed by atoms with Crippen LogP contribution in [-0.4, -0.2) is 41.7 Å². The van der Waals surface area contributed by atoms with E-state index in [2.05, 4.69) is 18.7 Å². The number of ether oxygens (including phenoxy) is 1. The van der Waals surface area contributed by atoms with Crippen molar-refractivity contribution >= 4 is 5.97 Å². The van der Waals surface area contributed by atoms with Crippen molar-refractivity contribution < 1.29 is 14.6 Å². The third-order valence-corrected chi connectivity index (χ3v) is 4.55. The summed E-state index contributed by atoms with van der Waals surface area (Å²) in [6.45, 7) is 8.77. The zero-order chi connectivity index (χ0) is 16.8. The van der Waals surface area contributed by atoms with Crippen LogP contribution in [-0.2, 0) is 17.6 Å². The molecule has 0 heterocycles. The molecule has 1 aromatic rings. The van der Waals surface area contributed by atoms with Gasteiger partial charge in [-0.2, -0.15) is 0 Å². The Balaban J connectivity index is 2.21. The Kier molecular flexibility index (Phi) is 6.46. The molecule has 0 radical (unpaired) electrons. The summed E-state index contributed by atoms with van der Waals surface area (Å²) in [5.41, 5.74) is 2.64. The highest BCUT2D eigenvalue weighted by Crippen LogP contribution is 2.31. The molecule has 4 nitrogen and oxygen atoms in total. The molecule has 1 aromatic carbocycles. The van der Waals surface area contributed by atoms with E-state index in [0.29, 0.717) is 18.2 Å². The van der Waals surface area contributed by atoms with Crippen molar-refractivity contribution in [2.24, 2.45) is 0 Å². The van der Waals surface area contributed by atoms with Gasteiger partial charge < -0.3 is 14.7 Å². The Morgan fingerprint density at radius 2 is 1.91 bits per heavy atom. The van der Waals surface area contributed by atoms with Crippen LogP contribution in [0.5, 0.6) is 5.75 Å². The average molecular weight is 319 g/mol. The molecule has 0 spiro atoms. The second kappa shape index (κ2) is 8.34. The van der Waals surface area contributed by atoms with Crippen LogP contribution in [0.15, 0.2) is 12.1 Å². The average Bonchev–Trinajstić information content (AvgIpc) is 2.54. The molecule has 1 N–H and O–H groups in total. The Morgan fingerprint density at radius 1 is 1.22 bits per heavy atom.